The van der Waals surface area contributed by atoms with Gasteiger partial charge in [-0.3, -0.25) is 0 Å². The van der Waals surface area contributed by atoms with E-state index >= 15 is 0 Å². The van der Waals surface area contributed by atoms with Crippen molar-refractivity contribution in [3.05, 3.63) is 30.2 Å². The van der Waals surface area contributed by atoms with Gasteiger partial charge in [0.15, 0.2) is 5.65 Å². The molecule has 76 valence electrons. The second kappa shape index (κ2) is 3.91. The Hall–Kier alpha value is -2.17. The van der Waals surface area contributed by atoms with Crippen LogP contribution in [0.3, 0.4) is 0 Å². The summed E-state index contributed by atoms with van der Waals surface area (Å²) in [5.41, 5.74) is 2.11. The normalized spacial score (nSPS) is 11.0. The smallest absolute Gasteiger partial charge is 0.330 e. The third kappa shape index (κ3) is 2.01. The molecule has 2 heterocycles. The highest BCUT2D eigenvalue weighted by molar-refractivity contribution is 5.86. The standard InChI is InChI=1S/C10H9N3O2/c1-15-9(14)3-2-7-6-12-10-8(13-7)4-5-11-10/h2-6H,1H3,(H,11,12). The van der Waals surface area contributed by atoms with Crippen molar-refractivity contribution in [2.75, 3.05) is 7.11 Å². The predicted molar refractivity (Wildman–Crippen MR) is 54.9 cm³/mol. The molecule has 0 atom stereocenters. The molecule has 0 bridgehead atoms. The lowest BCUT2D eigenvalue weighted by atomic mass is 10.4. The second-order valence-electron chi connectivity index (χ2n) is 2.86. The number of aromatic amines is 1. The maximum atomic E-state index is 10.8. The lowest BCUT2D eigenvalue weighted by molar-refractivity contribution is -0.134. The van der Waals surface area contributed by atoms with Crippen LogP contribution in [0.15, 0.2) is 24.5 Å². The van der Waals surface area contributed by atoms with Crippen molar-refractivity contribution in [2.45, 2.75) is 0 Å². The second-order valence-corrected chi connectivity index (χ2v) is 2.86. The molecule has 2 aromatic rings. The molecule has 2 aromatic heterocycles. The molecule has 15 heavy (non-hydrogen) atoms. The maximum Gasteiger partial charge on any atom is 0.330 e. The topological polar surface area (TPSA) is 67.9 Å². The number of aromatic nitrogens is 3. The number of fused-ring (bicyclic) bond motifs is 1. The van der Waals surface area contributed by atoms with E-state index in [4.69, 9.17) is 0 Å². The van der Waals surface area contributed by atoms with Gasteiger partial charge in [-0.1, -0.05) is 0 Å². The lowest BCUT2D eigenvalue weighted by Crippen LogP contribution is -1.94. The fourth-order valence-electron chi connectivity index (χ4n) is 1.15. The summed E-state index contributed by atoms with van der Waals surface area (Å²) in [6.45, 7) is 0. The molecule has 2 rings (SSSR count). The molecule has 0 aliphatic heterocycles. The first kappa shape index (κ1) is 9.39. The number of esters is 1. The first-order valence-corrected chi connectivity index (χ1v) is 4.36. The number of rotatable bonds is 2. The Kier molecular flexibility index (Phi) is 2.45. The Labute approximate surface area is 85.8 Å². The van der Waals surface area contributed by atoms with Crippen LogP contribution in [-0.2, 0) is 9.53 Å². The summed E-state index contributed by atoms with van der Waals surface area (Å²) in [6, 6.07) is 1.82. The number of methoxy groups -OCH3 is 1. The van der Waals surface area contributed by atoms with Gasteiger partial charge in [0.05, 0.1) is 19.0 Å². The number of nitrogens with zero attached hydrogens (tertiary/aromatic N) is 2. The Morgan fingerprint density at radius 2 is 2.47 bits per heavy atom. The molecule has 0 saturated heterocycles. The number of carbonyl (C=O) groups excluding carboxylic acids is 1. The van der Waals surface area contributed by atoms with Crippen LogP contribution < -0.4 is 0 Å². The van der Waals surface area contributed by atoms with Crippen LogP contribution in [0.5, 0.6) is 0 Å². The van der Waals surface area contributed by atoms with E-state index in [1.165, 1.54) is 13.2 Å². The van der Waals surface area contributed by atoms with Gasteiger partial charge in [-0.15, -0.1) is 0 Å². The van der Waals surface area contributed by atoms with E-state index in [9.17, 15) is 4.79 Å². The van der Waals surface area contributed by atoms with Gasteiger partial charge in [-0.2, -0.15) is 0 Å². The third-order valence-electron chi connectivity index (χ3n) is 1.87. The van der Waals surface area contributed by atoms with Gasteiger partial charge in [0, 0.05) is 12.3 Å². The molecular weight excluding hydrogens is 194 g/mol. The van der Waals surface area contributed by atoms with Crippen LogP contribution in [0.1, 0.15) is 5.69 Å². The number of hydrogen-bond acceptors (Lipinski definition) is 4. The summed E-state index contributed by atoms with van der Waals surface area (Å²) in [7, 11) is 1.33. The minimum Gasteiger partial charge on any atom is -0.466 e. The molecule has 0 aliphatic carbocycles. The van der Waals surface area contributed by atoms with E-state index in [0.717, 1.165) is 11.2 Å². The molecule has 0 aromatic carbocycles. The van der Waals surface area contributed by atoms with Crippen LogP contribution in [0.2, 0.25) is 0 Å². The minimum atomic E-state index is -0.411. The summed E-state index contributed by atoms with van der Waals surface area (Å²) < 4.78 is 4.46. The number of hydrogen-bond donors (Lipinski definition) is 1. The highest BCUT2D eigenvalue weighted by Crippen LogP contribution is 2.07. The zero-order valence-corrected chi connectivity index (χ0v) is 8.10. The maximum absolute atomic E-state index is 10.8. The van der Waals surface area contributed by atoms with E-state index in [1.54, 1.807) is 18.5 Å². The molecular formula is C10H9N3O2. The van der Waals surface area contributed by atoms with Gasteiger partial charge in [0.25, 0.3) is 0 Å². The molecule has 0 radical (unpaired) electrons. The lowest BCUT2D eigenvalue weighted by Gasteiger charge is -1.93. The van der Waals surface area contributed by atoms with Crippen molar-refractivity contribution in [1.82, 2.24) is 15.0 Å². The average molecular weight is 203 g/mol. The highest BCUT2D eigenvalue weighted by atomic mass is 16.5. The Bertz CT molecular complexity index is 516. The van der Waals surface area contributed by atoms with Crippen LogP contribution in [0.4, 0.5) is 0 Å². The molecule has 0 aliphatic rings. The minimum absolute atomic E-state index is 0.411. The molecule has 0 saturated carbocycles. The summed E-state index contributed by atoms with van der Waals surface area (Å²) >= 11 is 0. The van der Waals surface area contributed by atoms with E-state index in [1.807, 2.05) is 6.07 Å². The SMILES string of the molecule is COC(=O)C=Cc1cnc2[nH]ccc2n1. The Morgan fingerprint density at radius 3 is 3.27 bits per heavy atom. The number of ether oxygens (including phenoxy) is 1. The van der Waals surface area contributed by atoms with Crippen LogP contribution in [0.25, 0.3) is 17.2 Å². The van der Waals surface area contributed by atoms with Gasteiger partial charge in [0.2, 0.25) is 0 Å². The molecule has 0 spiro atoms. The van der Waals surface area contributed by atoms with Gasteiger partial charge >= 0.3 is 5.97 Å². The van der Waals surface area contributed by atoms with Crippen LogP contribution in [-0.4, -0.2) is 28.0 Å². The van der Waals surface area contributed by atoms with Gasteiger partial charge in [-0.05, 0) is 12.1 Å². The van der Waals surface area contributed by atoms with Gasteiger partial charge < -0.3 is 9.72 Å². The highest BCUT2D eigenvalue weighted by Gasteiger charge is 1.98. The monoisotopic (exact) mass is 203 g/mol. The van der Waals surface area contributed by atoms with Crippen LogP contribution >= 0.6 is 0 Å². The fraction of sp³-hybridized carbons (Fsp3) is 0.100. The molecule has 5 nitrogen and oxygen atoms in total. The quantitative estimate of drug-likeness (QED) is 0.587. The van der Waals surface area contributed by atoms with Crippen molar-refractivity contribution in [3.8, 4) is 0 Å². The summed E-state index contributed by atoms with van der Waals surface area (Å²) in [5, 5.41) is 0. The fourth-order valence-corrected chi connectivity index (χ4v) is 1.15. The van der Waals surface area contributed by atoms with Gasteiger partial charge in [-0.25, -0.2) is 14.8 Å². The van der Waals surface area contributed by atoms with E-state index in [0.29, 0.717) is 5.69 Å². The van der Waals surface area contributed by atoms with E-state index < -0.39 is 5.97 Å². The summed E-state index contributed by atoms with van der Waals surface area (Å²) in [6.07, 6.45) is 6.21. The van der Waals surface area contributed by atoms with E-state index in [-0.39, 0.29) is 0 Å². The first-order valence-electron chi connectivity index (χ1n) is 4.36. The number of H-pyrrole nitrogens is 1. The molecule has 5 heteroatoms. The molecule has 0 unspecified atom stereocenters. The first-order chi connectivity index (χ1) is 7.29. The van der Waals surface area contributed by atoms with Crippen molar-refractivity contribution >= 4 is 23.2 Å². The van der Waals surface area contributed by atoms with Crippen molar-refractivity contribution in [3.63, 3.8) is 0 Å². The third-order valence-corrected chi connectivity index (χ3v) is 1.87. The van der Waals surface area contributed by atoms with Crippen molar-refractivity contribution in [2.24, 2.45) is 0 Å². The van der Waals surface area contributed by atoms with E-state index in [2.05, 4.69) is 19.7 Å². The van der Waals surface area contributed by atoms with Gasteiger partial charge in [0.1, 0.15) is 5.52 Å². The number of carbonyl (C=O) groups is 1. The Morgan fingerprint density at radius 1 is 1.60 bits per heavy atom. The predicted octanol–water partition coefficient (Wildman–Crippen LogP) is 1.14. The zero-order chi connectivity index (χ0) is 10.7. The zero-order valence-electron chi connectivity index (χ0n) is 8.10. The average Bonchev–Trinajstić information content (AvgIpc) is 2.72. The van der Waals surface area contributed by atoms with Crippen molar-refractivity contribution in [1.29, 1.82) is 0 Å². The van der Waals surface area contributed by atoms with Crippen LogP contribution in [0, 0.1) is 0 Å². The Balaban J connectivity index is 2.28. The molecule has 0 amide bonds. The largest absolute Gasteiger partial charge is 0.466 e. The van der Waals surface area contributed by atoms with Crippen molar-refractivity contribution < 1.29 is 9.53 Å². The summed E-state index contributed by atoms with van der Waals surface area (Å²) in [5.74, 6) is -0.411. The summed E-state index contributed by atoms with van der Waals surface area (Å²) in [4.78, 5) is 22.1. The molecule has 0 fully saturated rings. The molecule has 1 N–H and O–H groups in total. The number of nitrogens with one attached hydrogen (secondary N) is 1.